The molecule has 1 rings (SSSR count). The van der Waals surface area contributed by atoms with Crippen LogP contribution in [0.2, 0.25) is 0 Å². The molecule has 1 aromatic rings. The molecule has 4 nitrogen and oxygen atoms in total. The number of nitrogens with one attached hydrogen (secondary N) is 1. The minimum atomic E-state index is -0.516. The Morgan fingerprint density at radius 1 is 1.42 bits per heavy atom. The standard InChI is InChI=1S/C14H21BrN2O2/c1-9(2)16-14(19)8-17(4)11-5-6-12(10(3)18)13(15)7-11/h5-7,9-10,18H,8H2,1-4H3,(H,16,19)/t10-/m0/s1. The van der Waals surface area contributed by atoms with Crippen molar-refractivity contribution in [2.45, 2.75) is 32.9 Å². The minimum absolute atomic E-state index is 0.00627. The van der Waals surface area contributed by atoms with Gasteiger partial charge in [-0.1, -0.05) is 22.0 Å². The number of aliphatic hydroxyl groups is 1. The Labute approximate surface area is 122 Å². The number of halogens is 1. The third-order valence-electron chi connectivity index (χ3n) is 2.71. The van der Waals surface area contributed by atoms with Crippen molar-refractivity contribution in [2.24, 2.45) is 0 Å². The van der Waals surface area contributed by atoms with Gasteiger partial charge in [0.05, 0.1) is 12.6 Å². The first-order chi connectivity index (χ1) is 8.81. The molecule has 1 amide bonds. The number of benzene rings is 1. The van der Waals surface area contributed by atoms with Crippen LogP contribution in [0, 0.1) is 0 Å². The van der Waals surface area contributed by atoms with E-state index in [1.54, 1.807) is 6.92 Å². The molecule has 0 saturated heterocycles. The van der Waals surface area contributed by atoms with Gasteiger partial charge >= 0.3 is 0 Å². The summed E-state index contributed by atoms with van der Waals surface area (Å²) in [5.74, 6) is -0.00627. The summed E-state index contributed by atoms with van der Waals surface area (Å²) in [7, 11) is 1.86. The van der Waals surface area contributed by atoms with Crippen molar-refractivity contribution < 1.29 is 9.90 Å². The summed E-state index contributed by atoms with van der Waals surface area (Å²) < 4.78 is 0.844. The van der Waals surface area contributed by atoms with Gasteiger partial charge in [0.15, 0.2) is 0 Å². The molecule has 0 aliphatic carbocycles. The number of amides is 1. The van der Waals surface area contributed by atoms with Gasteiger partial charge in [-0.15, -0.1) is 0 Å². The summed E-state index contributed by atoms with van der Waals surface area (Å²) in [6, 6.07) is 5.81. The molecule has 0 heterocycles. The van der Waals surface area contributed by atoms with Crippen molar-refractivity contribution in [2.75, 3.05) is 18.5 Å². The predicted molar refractivity (Wildman–Crippen MR) is 81.3 cm³/mol. The summed E-state index contributed by atoms with van der Waals surface area (Å²) >= 11 is 3.44. The average Bonchev–Trinajstić information content (AvgIpc) is 2.26. The van der Waals surface area contributed by atoms with Gasteiger partial charge in [-0.05, 0) is 38.5 Å². The lowest BCUT2D eigenvalue weighted by Gasteiger charge is -2.21. The Bertz CT molecular complexity index is 447. The molecule has 1 aromatic carbocycles. The van der Waals surface area contributed by atoms with Gasteiger partial charge in [0.1, 0.15) is 0 Å². The number of hydrogen-bond acceptors (Lipinski definition) is 3. The number of aliphatic hydroxyl groups excluding tert-OH is 1. The van der Waals surface area contributed by atoms with Crippen LogP contribution in [-0.4, -0.2) is 30.6 Å². The third-order valence-corrected chi connectivity index (χ3v) is 3.39. The van der Waals surface area contributed by atoms with Crippen molar-refractivity contribution in [1.29, 1.82) is 0 Å². The maximum atomic E-state index is 11.7. The Morgan fingerprint density at radius 3 is 2.53 bits per heavy atom. The van der Waals surface area contributed by atoms with Gasteiger partial charge in [0.25, 0.3) is 0 Å². The van der Waals surface area contributed by atoms with Gasteiger partial charge in [-0.25, -0.2) is 0 Å². The molecular formula is C14H21BrN2O2. The van der Waals surface area contributed by atoms with Crippen LogP contribution in [0.1, 0.15) is 32.4 Å². The largest absolute Gasteiger partial charge is 0.389 e. The highest BCUT2D eigenvalue weighted by molar-refractivity contribution is 9.10. The molecule has 106 valence electrons. The summed E-state index contributed by atoms with van der Waals surface area (Å²) in [6.07, 6.45) is -0.516. The van der Waals surface area contributed by atoms with Gasteiger partial charge in [-0.3, -0.25) is 4.79 Å². The van der Waals surface area contributed by atoms with Crippen molar-refractivity contribution in [3.63, 3.8) is 0 Å². The topological polar surface area (TPSA) is 52.6 Å². The second-order valence-electron chi connectivity index (χ2n) is 4.96. The second-order valence-corrected chi connectivity index (χ2v) is 5.81. The molecule has 5 heteroatoms. The van der Waals surface area contributed by atoms with E-state index in [9.17, 15) is 9.90 Å². The number of likely N-dealkylation sites (N-methyl/N-ethyl adjacent to an activating group) is 1. The van der Waals surface area contributed by atoms with Crippen LogP contribution < -0.4 is 10.2 Å². The van der Waals surface area contributed by atoms with E-state index in [1.165, 1.54) is 0 Å². The molecule has 0 radical (unpaired) electrons. The zero-order valence-electron chi connectivity index (χ0n) is 11.8. The Balaban J connectivity index is 2.75. The van der Waals surface area contributed by atoms with E-state index in [-0.39, 0.29) is 11.9 Å². The van der Waals surface area contributed by atoms with E-state index >= 15 is 0 Å². The molecule has 0 bridgehead atoms. The maximum Gasteiger partial charge on any atom is 0.239 e. The highest BCUT2D eigenvalue weighted by atomic mass is 79.9. The average molecular weight is 329 g/mol. The highest BCUT2D eigenvalue weighted by Crippen LogP contribution is 2.27. The first-order valence-electron chi connectivity index (χ1n) is 6.29. The quantitative estimate of drug-likeness (QED) is 0.873. The van der Waals surface area contributed by atoms with Crippen LogP contribution in [0.25, 0.3) is 0 Å². The molecule has 0 fully saturated rings. The van der Waals surface area contributed by atoms with E-state index in [4.69, 9.17) is 0 Å². The van der Waals surface area contributed by atoms with Crippen molar-refractivity contribution in [3.05, 3.63) is 28.2 Å². The van der Waals surface area contributed by atoms with Gasteiger partial charge in [-0.2, -0.15) is 0 Å². The van der Waals surface area contributed by atoms with E-state index in [1.807, 2.05) is 44.0 Å². The van der Waals surface area contributed by atoms with Crippen molar-refractivity contribution >= 4 is 27.5 Å². The Morgan fingerprint density at radius 2 is 2.05 bits per heavy atom. The zero-order chi connectivity index (χ0) is 14.6. The lowest BCUT2D eigenvalue weighted by atomic mass is 10.1. The molecule has 0 spiro atoms. The van der Waals surface area contributed by atoms with Crippen LogP contribution >= 0.6 is 15.9 Å². The van der Waals surface area contributed by atoms with Gasteiger partial charge in [0.2, 0.25) is 5.91 Å². The lowest BCUT2D eigenvalue weighted by Crippen LogP contribution is -2.38. The summed E-state index contributed by atoms with van der Waals surface area (Å²) in [5, 5.41) is 12.4. The van der Waals surface area contributed by atoms with E-state index in [0.29, 0.717) is 6.54 Å². The molecule has 0 aromatic heterocycles. The molecule has 1 atom stereocenters. The molecule has 0 unspecified atom stereocenters. The van der Waals surface area contributed by atoms with Gasteiger partial charge < -0.3 is 15.3 Å². The van der Waals surface area contributed by atoms with Crippen LogP contribution in [0.3, 0.4) is 0 Å². The predicted octanol–water partition coefficient (Wildman–Crippen LogP) is 2.46. The number of nitrogens with zero attached hydrogens (tertiary/aromatic N) is 1. The fourth-order valence-corrected chi connectivity index (χ4v) is 2.46. The van der Waals surface area contributed by atoms with E-state index in [2.05, 4.69) is 21.2 Å². The van der Waals surface area contributed by atoms with Crippen LogP contribution in [0.5, 0.6) is 0 Å². The highest BCUT2D eigenvalue weighted by Gasteiger charge is 2.11. The summed E-state index contributed by atoms with van der Waals surface area (Å²) in [5.41, 5.74) is 1.76. The summed E-state index contributed by atoms with van der Waals surface area (Å²) in [6.45, 7) is 5.90. The lowest BCUT2D eigenvalue weighted by molar-refractivity contribution is -0.120. The van der Waals surface area contributed by atoms with Crippen LogP contribution in [-0.2, 0) is 4.79 Å². The molecule has 0 saturated carbocycles. The van der Waals surface area contributed by atoms with Crippen LogP contribution in [0.4, 0.5) is 5.69 Å². The number of carbonyl (C=O) groups excluding carboxylic acids is 1. The fourth-order valence-electron chi connectivity index (χ4n) is 1.77. The molecule has 0 aliphatic heterocycles. The van der Waals surface area contributed by atoms with E-state index < -0.39 is 6.10 Å². The number of rotatable bonds is 5. The normalized spacial score (nSPS) is 12.4. The third kappa shape index (κ3) is 4.84. The monoisotopic (exact) mass is 328 g/mol. The van der Waals surface area contributed by atoms with Crippen LogP contribution in [0.15, 0.2) is 22.7 Å². The maximum absolute atomic E-state index is 11.7. The smallest absolute Gasteiger partial charge is 0.239 e. The first-order valence-corrected chi connectivity index (χ1v) is 7.08. The van der Waals surface area contributed by atoms with Gasteiger partial charge in [0, 0.05) is 23.2 Å². The fraction of sp³-hybridized carbons (Fsp3) is 0.500. The molecular weight excluding hydrogens is 308 g/mol. The van der Waals surface area contributed by atoms with E-state index in [0.717, 1.165) is 15.7 Å². The number of carbonyl (C=O) groups is 1. The molecule has 19 heavy (non-hydrogen) atoms. The van der Waals surface area contributed by atoms with Crippen molar-refractivity contribution in [1.82, 2.24) is 5.32 Å². The zero-order valence-corrected chi connectivity index (χ0v) is 13.4. The number of hydrogen-bond donors (Lipinski definition) is 2. The second kappa shape index (κ2) is 6.91. The summed E-state index contributed by atoms with van der Waals surface area (Å²) in [4.78, 5) is 13.6. The Kier molecular flexibility index (Phi) is 5.82. The Hall–Kier alpha value is -1.07. The molecule has 0 aliphatic rings. The minimum Gasteiger partial charge on any atom is -0.389 e. The molecule has 2 N–H and O–H groups in total. The first kappa shape index (κ1) is 16.0. The SMILES string of the molecule is CC(C)NC(=O)CN(C)c1ccc([C@H](C)O)c(Br)c1. The van der Waals surface area contributed by atoms with Crippen molar-refractivity contribution in [3.8, 4) is 0 Å². The number of anilines is 1.